The number of rotatable bonds is 8. The third-order valence-electron chi connectivity index (χ3n) is 3.78. The van der Waals surface area contributed by atoms with Crippen molar-refractivity contribution in [3.8, 4) is 5.88 Å². The van der Waals surface area contributed by atoms with Crippen molar-refractivity contribution in [2.24, 2.45) is 5.41 Å². The van der Waals surface area contributed by atoms with Crippen molar-refractivity contribution in [2.45, 2.75) is 32.9 Å². The van der Waals surface area contributed by atoms with Crippen LogP contribution in [0.15, 0.2) is 18.3 Å². The van der Waals surface area contributed by atoms with Gasteiger partial charge in [-0.3, -0.25) is 9.59 Å². The van der Waals surface area contributed by atoms with Gasteiger partial charge in [0.05, 0.1) is 11.0 Å². The molecule has 6 nitrogen and oxygen atoms in total. The van der Waals surface area contributed by atoms with Crippen LogP contribution in [-0.4, -0.2) is 41.3 Å². The predicted octanol–water partition coefficient (Wildman–Crippen LogP) is 2.64. The molecule has 1 aromatic rings. The molecule has 0 aliphatic carbocycles. The Kier molecular flexibility index (Phi) is 6.56. The number of ether oxygens (including phenoxy) is 1. The van der Waals surface area contributed by atoms with Crippen molar-refractivity contribution in [3.63, 3.8) is 0 Å². The Balaban J connectivity index is 2.67. The molecule has 0 fully saturated rings. The molecule has 0 aliphatic heterocycles. The number of pyridine rings is 1. The first-order valence-electron chi connectivity index (χ1n) is 7.30. The van der Waals surface area contributed by atoms with Gasteiger partial charge in [0.2, 0.25) is 5.88 Å². The number of aliphatic carboxylic acids is 1. The Morgan fingerprint density at radius 1 is 1.25 bits per heavy atom. The number of nitrogens with zero attached hydrogens (tertiary/aromatic N) is 1. The first-order chi connectivity index (χ1) is 11.1. The second-order valence-corrected chi connectivity index (χ2v) is 5.26. The van der Waals surface area contributed by atoms with Gasteiger partial charge < -0.3 is 15.2 Å². The molecule has 0 atom stereocenters. The molecular formula is C15H19F3N2O4. The molecule has 1 amide bonds. The molecule has 9 heteroatoms. The van der Waals surface area contributed by atoms with E-state index in [2.05, 4.69) is 15.0 Å². The standard InChI is InChI=1S/C15H19F3N2O4/c1-3-14(4-2,13(22)23)8-20-12(21)10-5-6-11(19-7-10)24-9-15(16,17)18/h5-7H,3-4,8-9H2,1-2H3,(H,20,21)(H,22,23). The van der Waals surface area contributed by atoms with Crippen molar-refractivity contribution < 1.29 is 32.6 Å². The number of carbonyl (C=O) groups excluding carboxylic acids is 1. The van der Waals surface area contributed by atoms with Crippen molar-refractivity contribution in [3.05, 3.63) is 23.9 Å². The van der Waals surface area contributed by atoms with E-state index in [1.165, 1.54) is 6.07 Å². The number of aromatic nitrogens is 1. The van der Waals surface area contributed by atoms with E-state index in [1.807, 2.05) is 0 Å². The van der Waals surface area contributed by atoms with Crippen LogP contribution < -0.4 is 10.1 Å². The average molecular weight is 348 g/mol. The van der Waals surface area contributed by atoms with E-state index in [1.54, 1.807) is 13.8 Å². The molecule has 0 saturated heterocycles. The fourth-order valence-corrected chi connectivity index (χ4v) is 1.99. The molecule has 0 spiro atoms. The maximum atomic E-state index is 12.0. The molecule has 2 N–H and O–H groups in total. The van der Waals surface area contributed by atoms with E-state index in [0.29, 0.717) is 12.8 Å². The van der Waals surface area contributed by atoms with Crippen LogP contribution in [0.4, 0.5) is 13.2 Å². The van der Waals surface area contributed by atoms with Crippen LogP contribution in [0.1, 0.15) is 37.0 Å². The summed E-state index contributed by atoms with van der Waals surface area (Å²) in [6, 6.07) is 2.40. The number of amides is 1. The van der Waals surface area contributed by atoms with Crippen molar-refractivity contribution >= 4 is 11.9 Å². The smallest absolute Gasteiger partial charge is 0.422 e. The second-order valence-electron chi connectivity index (χ2n) is 5.26. The van der Waals surface area contributed by atoms with Crippen molar-refractivity contribution in [1.29, 1.82) is 0 Å². The van der Waals surface area contributed by atoms with Crippen LogP contribution >= 0.6 is 0 Å². The van der Waals surface area contributed by atoms with Crippen LogP contribution in [0, 0.1) is 5.41 Å². The monoisotopic (exact) mass is 348 g/mol. The molecule has 134 valence electrons. The number of hydrogen-bond acceptors (Lipinski definition) is 4. The zero-order valence-corrected chi connectivity index (χ0v) is 13.3. The maximum Gasteiger partial charge on any atom is 0.422 e. The van der Waals surface area contributed by atoms with Crippen LogP contribution in [0.25, 0.3) is 0 Å². The summed E-state index contributed by atoms with van der Waals surface area (Å²) in [7, 11) is 0. The summed E-state index contributed by atoms with van der Waals surface area (Å²) in [6.45, 7) is 1.91. The number of halogens is 3. The highest BCUT2D eigenvalue weighted by molar-refractivity contribution is 5.94. The quantitative estimate of drug-likeness (QED) is 0.754. The van der Waals surface area contributed by atoms with E-state index in [9.17, 15) is 27.9 Å². The summed E-state index contributed by atoms with van der Waals surface area (Å²) in [4.78, 5) is 27.0. The largest absolute Gasteiger partial charge is 0.481 e. The lowest BCUT2D eigenvalue weighted by molar-refractivity contribution is -0.154. The molecule has 0 bridgehead atoms. The van der Waals surface area contributed by atoms with Gasteiger partial charge in [0.1, 0.15) is 0 Å². The number of alkyl halides is 3. The molecular weight excluding hydrogens is 329 g/mol. The van der Waals surface area contributed by atoms with Gasteiger partial charge in [-0.15, -0.1) is 0 Å². The van der Waals surface area contributed by atoms with Crippen molar-refractivity contribution in [2.75, 3.05) is 13.2 Å². The lowest BCUT2D eigenvalue weighted by atomic mass is 9.82. The average Bonchev–Trinajstić information content (AvgIpc) is 2.53. The van der Waals surface area contributed by atoms with Gasteiger partial charge >= 0.3 is 12.1 Å². The third-order valence-corrected chi connectivity index (χ3v) is 3.78. The van der Waals surface area contributed by atoms with E-state index < -0.39 is 30.1 Å². The molecule has 1 aromatic heterocycles. The summed E-state index contributed by atoms with van der Waals surface area (Å²) in [5.41, 5.74) is -0.959. The Bertz CT molecular complexity index is 569. The van der Waals surface area contributed by atoms with E-state index >= 15 is 0 Å². The Morgan fingerprint density at radius 2 is 1.88 bits per heavy atom. The highest BCUT2D eigenvalue weighted by Gasteiger charge is 2.35. The van der Waals surface area contributed by atoms with Crippen LogP contribution in [-0.2, 0) is 4.79 Å². The normalized spacial score (nSPS) is 11.9. The fourth-order valence-electron chi connectivity index (χ4n) is 1.99. The topological polar surface area (TPSA) is 88.5 Å². The molecule has 0 saturated carbocycles. The van der Waals surface area contributed by atoms with Gasteiger partial charge in [-0.1, -0.05) is 13.8 Å². The minimum Gasteiger partial charge on any atom is -0.481 e. The molecule has 1 rings (SSSR count). The first kappa shape index (κ1) is 19.7. The van der Waals surface area contributed by atoms with Crippen LogP contribution in [0.2, 0.25) is 0 Å². The number of carbonyl (C=O) groups is 2. The molecule has 0 aromatic carbocycles. The molecule has 0 aliphatic rings. The lowest BCUT2D eigenvalue weighted by Crippen LogP contribution is -2.42. The number of nitrogens with one attached hydrogen (secondary N) is 1. The minimum atomic E-state index is -4.47. The Morgan fingerprint density at radius 3 is 2.29 bits per heavy atom. The Hall–Kier alpha value is -2.32. The lowest BCUT2D eigenvalue weighted by Gasteiger charge is -2.26. The van der Waals surface area contributed by atoms with Gasteiger partial charge in [-0.05, 0) is 18.9 Å². The fraction of sp³-hybridized carbons (Fsp3) is 0.533. The zero-order valence-electron chi connectivity index (χ0n) is 13.3. The molecule has 0 unspecified atom stereocenters. The number of carboxylic acids is 1. The van der Waals surface area contributed by atoms with Gasteiger partial charge in [0, 0.05) is 18.8 Å². The van der Waals surface area contributed by atoms with E-state index in [4.69, 9.17) is 0 Å². The van der Waals surface area contributed by atoms with Crippen LogP contribution in [0.5, 0.6) is 5.88 Å². The third kappa shape index (κ3) is 5.39. The first-order valence-corrected chi connectivity index (χ1v) is 7.30. The van der Waals surface area contributed by atoms with E-state index in [0.717, 1.165) is 12.3 Å². The SMILES string of the molecule is CCC(CC)(CNC(=O)c1ccc(OCC(F)(F)F)nc1)C(=O)O. The summed E-state index contributed by atoms with van der Waals surface area (Å²) < 4.78 is 40.5. The highest BCUT2D eigenvalue weighted by Crippen LogP contribution is 2.25. The predicted molar refractivity (Wildman–Crippen MR) is 78.8 cm³/mol. The number of hydrogen-bond donors (Lipinski definition) is 2. The Labute approximate surface area is 137 Å². The number of carboxylic acid groups (broad SMARTS) is 1. The van der Waals surface area contributed by atoms with Crippen molar-refractivity contribution in [1.82, 2.24) is 10.3 Å². The highest BCUT2D eigenvalue weighted by atomic mass is 19.4. The van der Waals surface area contributed by atoms with Gasteiger partial charge in [0.15, 0.2) is 6.61 Å². The maximum absolute atomic E-state index is 12.0. The molecule has 1 heterocycles. The zero-order chi connectivity index (χ0) is 18.4. The summed E-state index contributed by atoms with van der Waals surface area (Å²) in [5, 5.41) is 11.8. The molecule has 24 heavy (non-hydrogen) atoms. The molecule has 0 radical (unpaired) electrons. The van der Waals surface area contributed by atoms with Gasteiger partial charge in [0.25, 0.3) is 5.91 Å². The summed E-state index contributed by atoms with van der Waals surface area (Å²) in [6.07, 6.45) is -2.71. The van der Waals surface area contributed by atoms with Gasteiger partial charge in [-0.2, -0.15) is 13.2 Å². The summed E-state index contributed by atoms with van der Waals surface area (Å²) >= 11 is 0. The van der Waals surface area contributed by atoms with E-state index in [-0.39, 0.29) is 18.0 Å². The van der Waals surface area contributed by atoms with Crippen LogP contribution in [0.3, 0.4) is 0 Å². The van der Waals surface area contributed by atoms with Gasteiger partial charge in [-0.25, -0.2) is 4.98 Å². The minimum absolute atomic E-state index is 0.0551. The summed E-state index contributed by atoms with van der Waals surface area (Å²) in [5.74, 6) is -1.81. The second kappa shape index (κ2) is 7.98.